The first-order chi connectivity index (χ1) is 11.3. The maximum absolute atomic E-state index is 12.7. The van der Waals surface area contributed by atoms with Gasteiger partial charge in [0.25, 0.3) is 10.0 Å². The molecular weight excluding hydrogens is 330 g/mol. The summed E-state index contributed by atoms with van der Waals surface area (Å²) in [5, 5.41) is 9.22. The minimum Gasteiger partial charge on any atom is -0.480 e. The van der Waals surface area contributed by atoms with E-state index in [2.05, 4.69) is 0 Å². The predicted molar refractivity (Wildman–Crippen MR) is 88.5 cm³/mol. The van der Waals surface area contributed by atoms with Gasteiger partial charge in [-0.3, -0.25) is 9.63 Å². The van der Waals surface area contributed by atoms with Crippen molar-refractivity contribution in [2.75, 3.05) is 0 Å². The van der Waals surface area contributed by atoms with Crippen LogP contribution in [-0.2, 0) is 26.3 Å². The third kappa shape index (κ3) is 4.19. The molecule has 0 bridgehead atoms. The lowest BCUT2D eigenvalue weighted by atomic mass is 10.2. The van der Waals surface area contributed by atoms with Crippen molar-refractivity contribution in [3.63, 3.8) is 0 Å². The van der Waals surface area contributed by atoms with E-state index in [1.54, 1.807) is 36.4 Å². The van der Waals surface area contributed by atoms with Crippen molar-refractivity contribution in [2.45, 2.75) is 31.4 Å². The Hall–Kier alpha value is -2.22. The van der Waals surface area contributed by atoms with Crippen LogP contribution in [0.25, 0.3) is 0 Å². The Kier molecular flexibility index (Phi) is 5.71. The summed E-state index contributed by atoms with van der Waals surface area (Å²) in [6, 6.07) is 13.7. The van der Waals surface area contributed by atoms with Crippen LogP contribution in [0.1, 0.15) is 18.1 Å². The molecule has 0 aliphatic rings. The first-order valence-electron chi connectivity index (χ1n) is 7.33. The Labute approximate surface area is 141 Å². The molecule has 2 rings (SSSR count). The minimum atomic E-state index is -4.10. The van der Waals surface area contributed by atoms with Gasteiger partial charge in [-0.2, -0.15) is 0 Å². The lowest BCUT2D eigenvalue weighted by Gasteiger charge is -2.25. The van der Waals surface area contributed by atoms with Crippen molar-refractivity contribution >= 4 is 16.0 Å². The molecule has 0 aliphatic heterocycles. The number of hydrogen-bond acceptors (Lipinski definition) is 4. The van der Waals surface area contributed by atoms with Gasteiger partial charge in [0, 0.05) is 0 Å². The van der Waals surface area contributed by atoms with Crippen molar-refractivity contribution in [1.82, 2.24) is 4.47 Å². The highest BCUT2D eigenvalue weighted by atomic mass is 32.2. The zero-order valence-electron chi connectivity index (χ0n) is 13.4. The molecule has 0 amide bonds. The number of carbonyl (C=O) groups is 1. The second kappa shape index (κ2) is 7.57. The van der Waals surface area contributed by atoms with Crippen molar-refractivity contribution in [2.24, 2.45) is 0 Å². The van der Waals surface area contributed by atoms with Gasteiger partial charge in [0.05, 0.1) is 11.5 Å². The molecule has 0 fully saturated rings. The number of carboxylic acid groups (broad SMARTS) is 1. The molecule has 128 valence electrons. The van der Waals surface area contributed by atoms with Crippen LogP contribution in [0.5, 0.6) is 0 Å². The van der Waals surface area contributed by atoms with E-state index >= 15 is 0 Å². The lowest BCUT2D eigenvalue weighted by Crippen LogP contribution is -2.43. The molecule has 24 heavy (non-hydrogen) atoms. The summed E-state index contributed by atoms with van der Waals surface area (Å²) in [5.41, 5.74) is 1.64. The molecule has 0 aromatic heterocycles. The van der Waals surface area contributed by atoms with Gasteiger partial charge in [0.2, 0.25) is 0 Å². The number of hydrogen-bond donors (Lipinski definition) is 1. The van der Waals surface area contributed by atoms with E-state index in [1.807, 2.05) is 13.0 Å². The van der Waals surface area contributed by atoms with Crippen molar-refractivity contribution in [1.29, 1.82) is 0 Å². The van der Waals surface area contributed by atoms with Gasteiger partial charge in [-0.25, -0.2) is 8.42 Å². The monoisotopic (exact) mass is 349 g/mol. The predicted octanol–water partition coefficient (Wildman–Crippen LogP) is 2.59. The Morgan fingerprint density at radius 2 is 1.71 bits per heavy atom. The second-order valence-electron chi connectivity index (χ2n) is 5.35. The van der Waals surface area contributed by atoms with E-state index in [1.165, 1.54) is 19.1 Å². The minimum absolute atomic E-state index is 0.0192. The molecule has 0 spiro atoms. The lowest BCUT2D eigenvalue weighted by molar-refractivity contribution is -0.163. The quantitative estimate of drug-likeness (QED) is 0.777. The van der Waals surface area contributed by atoms with E-state index in [0.29, 0.717) is 4.47 Å². The molecule has 0 radical (unpaired) electrons. The first kappa shape index (κ1) is 18.1. The number of rotatable bonds is 7. The summed E-state index contributed by atoms with van der Waals surface area (Å²) in [5.74, 6) is -1.29. The highest BCUT2D eigenvalue weighted by molar-refractivity contribution is 7.89. The van der Waals surface area contributed by atoms with E-state index in [9.17, 15) is 18.3 Å². The molecule has 1 N–H and O–H groups in total. The number of nitrogens with zero attached hydrogens (tertiary/aromatic N) is 1. The zero-order chi connectivity index (χ0) is 17.7. The van der Waals surface area contributed by atoms with E-state index in [0.717, 1.165) is 11.1 Å². The van der Waals surface area contributed by atoms with E-state index in [4.69, 9.17) is 4.84 Å². The first-order valence-corrected chi connectivity index (χ1v) is 8.77. The molecule has 2 aromatic rings. The van der Waals surface area contributed by atoms with Crippen molar-refractivity contribution in [3.8, 4) is 0 Å². The summed E-state index contributed by atoms with van der Waals surface area (Å²) >= 11 is 0. The molecule has 1 atom stereocenters. The third-order valence-corrected chi connectivity index (χ3v) is 5.19. The molecule has 7 heteroatoms. The van der Waals surface area contributed by atoms with E-state index < -0.39 is 22.0 Å². The van der Waals surface area contributed by atoms with Crippen LogP contribution >= 0.6 is 0 Å². The second-order valence-corrected chi connectivity index (χ2v) is 7.13. The van der Waals surface area contributed by atoms with Gasteiger partial charge in [-0.1, -0.05) is 52.5 Å². The van der Waals surface area contributed by atoms with Crippen LogP contribution in [0, 0.1) is 6.92 Å². The van der Waals surface area contributed by atoms with E-state index in [-0.39, 0.29) is 11.5 Å². The van der Waals surface area contributed by atoms with Crippen LogP contribution in [0.2, 0.25) is 0 Å². The fourth-order valence-electron chi connectivity index (χ4n) is 2.01. The number of sulfonamides is 1. The fourth-order valence-corrected chi connectivity index (χ4v) is 3.39. The van der Waals surface area contributed by atoms with Gasteiger partial charge < -0.3 is 5.11 Å². The highest BCUT2D eigenvalue weighted by Gasteiger charge is 2.34. The average molecular weight is 349 g/mol. The molecule has 0 saturated carbocycles. The van der Waals surface area contributed by atoms with Crippen LogP contribution in [0.4, 0.5) is 0 Å². The maximum atomic E-state index is 12.7. The standard InChI is InChI=1S/C17H19NO5S/c1-13-8-10-16(11-9-13)24(21,22)18(14(2)17(19)20)23-12-15-6-4-3-5-7-15/h3-11,14H,12H2,1-2H3,(H,19,20)/t14-/m1/s1. The highest BCUT2D eigenvalue weighted by Crippen LogP contribution is 2.20. The maximum Gasteiger partial charge on any atom is 0.324 e. The number of aryl methyl sites for hydroxylation is 1. The summed E-state index contributed by atoms with van der Waals surface area (Å²) in [6.45, 7) is 3.04. The average Bonchev–Trinajstić information content (AvgIpc) is 2.56. The zero-order valence-corrected chi connectivity index (χ0v) is 14.2. The number of benzene rings is 2. The summed E-state index contributed by atoms with van der Waals surface area (Å²) in [6.07, 6.45) is 0. The molecule has 0 unspecified atom stereocenters. The Morgan fingerprint density at radius 3 is 2.25 bits per heavy atom. The Bertz CT molecular complexity index is 787. The van der Waals surface area contributed by atoms with Gasteiger partial charge in [0.1, 0.15) is 6.04 Å². The van der Waals surface area contributed by atoms with Gasteiger partial charge in [0.15, 0.2) is 0 Å². The normalized spacial score (nSPS) is 13.0. The molecule has 2 aromatic carbocycles. The van der Waals surface area contributed by atoms with Gasteiger partial charge >= 0.3 is 5.97 Å². The van der Waals surface area contributed by atoms with Gasteiger partial charge in [-0.05, 0) is 31.5 Å². The van der Waals surface area contributed by atoms with Crippen molar-refractivity contribution < 1.29 is 23.2 Å². The van der Waals surface area contributed by atoms with Crippen LogP contribution in [0.15, 0.2) is 59.5 Å². The van der Waals surface area contributed by atoms with Crippen molar-refractivity contribution in [3.05, 3.63) is 65.7 Å². The SMILES string of the molecule is Cc1ccc(S(=O)(=O)N(OCc2ccccc2)[C@H](C)C(=O)O)cc1. The molecular formula is C17H19NO5S. The number of aliphatic carboxylic acids is 1. The van der Waals surface area contributed by atoms with Gasteiger partial charge in [-0.15, -0.1) is 0 Å². The summed E-state index contributed by atoms with van der Waals surface area (Å²) in [4.78, 5) is 16.6. The topological polar surface area (TPSA) is 83.9 Å². The number of hydroxylamine groups is 1. The molecule has 0 aliphatic carbocycles. The van der Waals surface area contributed by atoms with Crippen LogP contribution < -0.4 is 0 Å². The molecule has 0 heterocycles. The van der Waals surface area contributed by atoms with Crippen LogP contribution in [-0.4, -0.2) is 30.0 Å². The summed E-state index contributed by atoms with van der Waals surface area (Å²) < 4.78 is 26.0. The third-order valence-electron chi connectivity index (χ3n) is 3.43. The molecule has 6 nitrogen and oxygen atoms in total. The molecule has 0 saturated heterocycles. The smallest absolute Gasteiger partial charge is 0.324 e. The largest absolute Gasteiger partial charge is 0.480 e. The Balaban J connectivity index is 2.31. The summed E-state index contributed by atoms with van der Waals surface area (Å²) in [7, 11) is -4.10. The van der Waals surface area contributed by atoms with Crippen LogP contribution in [0.3, 0.4) is 0 Å². The number of carboxylic acids is 1. The fraction of sp³-hybridized carbons (Fsp3) is 0.235. The Morgan fingerprint density at radius 1 is 1.12 bits per heavy atom.